The molecule has 142 valence electrons. The molecule has 0 amide bonds. The summed E-state index contributed by atoms with van der Waals surface area (Å²) in [6.07, 6.45) is 1.68. The number of fused-ring (bicyclic) bond motifs is 1. The maximum Gasteiger partial charge on any atom is 0.259 e. The Morgan fingerprint density at radius 2 is 1.66 bits per heavy atom. The fourth-order valence-electron chi connectivity index (χ4n) is 3.00. The third-order valence-electron chi connectivity index (χ3n) is 4.48. The maximum absolute atomic E-state index is 12.3. The topological polar surface area (TPSA) is 85.9 Å². The highest BCUT2D eigenvalue weighted by molar-refractivity contribution is 6.50. The number of nitrogens with zero attached hydrogens (tertiary/aromatic N) is 1. The van der Waals surface area contributed by atoms with Crippen molar-refractivity contribution in [2.24, 2.45) is 0 Å². The smallest absolute Gasteiger partial charge is 0.259 e. The molecular weight excluding hydrogens is 388 g/mol. The lowest BCUT2D eigenvalue weighted by atomic mass is 10.0. The van der Waals surface area contributed by atoms with Gasteiger partial charge in [0, 0.05) is 0 Å². The first-order valence-electron chi connectivity index (χ1n) is 8.80. The molecule has 1 heterocycles. The molecule has 3 aromatic carbocycles. The molecule has 0 unspecified atom stereocenters. The predicted molar refractivity (Wildman–Crippen MR) is 112 cm³/mol. The highest BCUT2D eigenvalue weighted by atomic mass is 35.5. The van der Waals surface area contributed by atoms with Gasteiger partial charge in [0.1, 0.15) is 0 Å². The first-order valence-corrected chi connectivity index (χ1v) is 9.17. The quantitative estimate of drug-likeness (QED) is 0.565. The Kier molecular flexibility index (Phi) is 4.97. The summed E-state index contributed by atoms with van der Waals surface area (Å²) in [6, 6.07) is 21.8. The van der Waals surface area contributed by atoms with E-state index in [2.05, 4.69) is 9.97 Å². The molecule has 6 heteroatoms. The molecule has 1 N–H and O–H groups in total. The van der Waals surface area contributed by atoms with E-state index in [0.717, 1.165) is 16.7 Å². The lowest BCUT2D eigenvalue weighted by molar-refractivity contribution is -0.255. The molecule has 0 fully saturated rings. The normalized spacial score (nSPS) is 11.6. The summed E-state index contributed by atoms with van der Waals surface area (Å²) in [7, 11) is 0. The number of rotatable bonds is 4. The van der Waals surface area contributed by atoms with E-state index in [-0.39, 0.29) is 27.3 Å². The summed E-state index contributed by atoms with van der Waals surface area (Å²) in [4.78, 5) is 30.3. The van der Waals surface area contributed by atoms with E-state index in [1.54, 1.807) is 6.08 Å². The Morgan fingerprint density at radius 1 is 0.966 bits per heavy atom. The molecule has 0 spiro atoms. The van der Waals surface area contributed by atoms with Gasteiger partial charge < -0.3 is 14.9 Å². The third-order valence-corrected chi connectivity index (χ3v) is 4.77. The van der Waals surface area contributed by atoms with Crippen LogP contribution < -0.4 is 10.7 Å². The molecule has 29 heavy (non-hydrogen) atoms. The van der Waals surface area contributed by atoms with Gasteiger partial charge in [-0.2, -0.15) is 0 Å². The molecule has 4 aromatic rings. The minimum atomic E-state index is -1.34. The zero-order valence-electron chi connectivity index (χ0n) is 15.1. The molecule has 0 aliphatic carbocycles. The number of carbonyl (C=O) groups excluding carboxylic acids is 1. The van der Waals surface area contributed by atoms with Crippen LogP contribution in [0.2, 0.25) is 0 Å². The zero-order valence-corrected chi connectivity index (χ0v) is 15.8. The van der Waals surface area contributed by atoms with Crippen LogP contribution in [0.3, 0.4) is 0 Å². The van der Waals surface area contributed by atoms with Gasteiger partial charge >= 0.3 is 0 Å². The van der Waals surface area contributed by atoms with Crippen LogP contribution in [0.5, 0.6) is 0 Å². The van der Waals surface area contributed by atoms with Crippen molar-refractivity contribution in [3.63, 3.8) is 0 Å². The summed E-state index contributed by atoms with van der Waals surface area (Å²) in [5.41, 5.74) is 2.79. The Balaban J connectivity index is 1.69. The fourth-order valence-corrected chi connectivity index (χ4v) is 3.21. The van der Waals surface area contributed by atoms with Crippen molar-refractivity contribution in [2.45, 2.75) is 0 Å². The number of aromatic amines is 1. The van der Waals surface area contributed by atoms with E-state index in [1.807, 2.05) is 54.6 Å². The van der Waals surface area contributed by atoms with Crippen LogP contribution in [0, 0.1) is 0 Å². The second-order valence-corrected chi connectivity index (χ2v) is 6.82. The van der Waals surface area contributed by atoms with Crippen LogP contribution in [0.4, 0.5) is 0 Å². The minimum Gasteiger partial charge on any atom is -0.545 e. The largest absolute Gasteiger partial charge is 0.545 e. The standard InChI is InChI=1S/C23H15ClN2O3/c24-19(12-14-6-8-16(9-7-14)15-4-2-1-3-5-15)21-25-20-13-17(23(28)29)10-11-18(20)22(27)26-21/h1-13H,(H,28,29)(H,25,26,27)/p-1/b19-12-. The third kappa shape index (κ3) is 3.95. The number of benzene rings is 3. The van der Waals surface area contributed by atoms with E-state index in [0.29, 0.717) is 0 Å². The molecule has 0 saturated heterocycles. The molecule has 4 rings (SSSR count). The SMILES string of the molecule is O=C([O-])c1ccc2c(=O)[nH]c(/C(Cl)=C/c3ccc(-c4ccccc4)cc3)nc2c1. The van der Waals surface area contributed by atoms with Crippen LogP contribution in [-0.4, -0.2) is 15.9 Å². The summed E-state index contributed by atoms with van der Waals surface area (Å²) in [5.74, 6) is -1.18. The number of carboxylic acids is 1. The molecule has 1 aromatic heterocycles. The van der Waals surface area contributed by atoms with Crippen molar-refractivity contribution in [3.8, 4) is 11.1 Å². The van der Waals surface area contributed by atoms with Crippen LogP contribution >= 0.6 is 11.6 Å². The molecule has 0 bridgehead atoms. The number of H-pyrrole nitrogens is 1. The van der Waals surface area contributed by atoms with Gasteiger partial charge in [-0.25, -0.2) is 4.98 Å². The molecule has 0 aliphatic rings. The average molecular weight is 402 g/mol. The summed E-state index contributed by atoms with van der Waals surface area (Å²) < 4.78 is 0. The lowest BCUT2D eigenvalue weighted by Gasteiger charge is -2.06. The van der Waals surface area contributed by atoms with Gasteiger partial charge in [0.05, 0.1) is 21.9 Å². The van der Waals surface area contributed by atoms with Gasteiger partial charge in [0.2, 0.25) is 0 Å². The average Bonchev–Trinajstić information content (AvgIpc) is 2.74. The second kappa shape index (κ2) is 7.73. The van der Waals surface area contributed by atoms with Crippen molar-refractivity contribution in [3.05, 3.63) is 100 Å². The fraction of sp³-hybridized carbons (Fsp3) is 0. The van der Waals surface area contributed by atoms with E-state index in [1.165, 1.54) is 18.2 Å². The molecule has 0 atom stereocenters. The summed E-state index contributed by atoms with van der Waals surface area (Å²) in [6.45, 7) is 0. The van der Waals surface area contributed by atoms with Crippen LogP contribution in [-0.2, 0) is 0 Å². The van der Waals surface area contributed by atoms with Crippen molar-refractivity contribution in [2.75, 3.05) is 0 Å². The first-order chi connectivity index (χ1) is 14.0. The Hall–Kier alpha value is -3.70. The van der Waals surface area contributed by atoms with E-state index in [9.17, 15) is 14.7 Å². The van der Waals surface area contributed by atoms with E-state index in [4.69, 9.17) is 11.6 Å². The van der Waals surface area contributed by atoms with Crippen LogP contribution in [0.1, 0.15) is 21.7 Å². The second-order valence-electron chi connectivity index (χ2n) is 6.41. The first kappa shape index (κ1) is 18.7. The number of carbonyl (C=O) groups is 1. The van der Waals surface area contributed by atoms with Gasteiger partial charge in [-0.15, -0.1) is 0 Å². The van der Waals surface area contributed by atoms with Crippen molar-refractivity contribution >= 4 is 39.6 Å². The van der Waals surface area contributed by atoms with Gasteiger partial charge in [-0.3, -0.25) is 4.79 Å². The Bertz CT molecular complexity index is 1290. The highest BCUT2D eigenvalue weighted by Gasteiger charge is 2.08. The molecule has 0 radical (unpaired) electrons. The molecular formula is C23H14ClN2O3-. The van der Waals surface area contributed by atoms with Crippen molar-refractivity contribution in [1.82, 2.24) is 9.97 Å². The van der Waals surface area contributed by atoms with Crippen LogP contribution in [0.15, 0.2) is 77.6 Å². The zero-order chi connectivity index (χ0) is 20.4. The number of aromatic carboxylic acids is 1. The number of nitrogens with one attached hydrogen (secondary N) is 1. The van der Waals surface area contributed by atoms with E-state index >= 15 is 0 Å². The molecule has 0 aliphatic heterocycles. The summed E-state index contributed by atoms with van der Waals surface area (Å²) >= 11 is 6.37. The number of hydrogen-bond donors (Lipinski definition) is 1. The lowest BCUT2D eigenvalue weighted by Crippen LogP contribution is -2.22. The van der Waals surface area contributed by atoms with Crippen molar-refractivity contribution < 1.29 is 9.90 Å². The molecule has 5 nitrogen and oxygen atoms in total. The number of hydrogen-bond acceptors (Lipinski definition) is 4. The van der Waals surface area contributed by atoms with E-state index < -0.39 is 11.5 Å². The summed E-state index contributed by atoms with van der Waals surface area (Å²) in [5, 5.41) is 11.6. The minimum absolute atomic E-state index is 0.0573. The van der Waals surface area contributed by atoms with Gasteiger partial charge in [-0.05, 0) is 40.5 Å². The number of halogens is 1. The molecule has 0 saturated carbocycles. The number of aromatic nitrogens is 2. The number of carboxylic acid groups (broad SMARTS) is 1. The maximum atomic E-state index is 12.3. The van der Waals surface area contributed by atoms with Gasteiger partial charge in [0.15, 0.2) is 5.82 Å². The van der Waals surface area contributed by atoms with Crippen LogP contribution in [0.25, 0.3) is 33.1 Å². The van der Waals surface area contributed by atoms with Gasteiger partial charge in [-0.1, -0.05) is 72.3 Å². The Labute approximate surface area is 170 Å². The Morgan fingerprint density at radius 3 is 2.34 bits per heavy atom. The monoisotopic (exact) mass is 401 g/mol. The highest BCUT2D eigenvalue weighted by Crippen LogP contribution is 2.23. The predicted octanol–water partition coefficient (Wildman–Crippen LogP) is 3.69. The van der Waals surface area contributed by atoms with Crippen molar-refractivity contribution in [1.29, 1.82) is 0 Å². The van der Waals surface area contributed by atoms with Gasteiger partial charge in [0.25, 0.3) is 5.56 Å².